The minimum Gasteiger partial charge on any atom is -0.463 e. The molecular weight excluding hydrogens is 424 g/mol. The van der Waals surface area contributed by atoms with Gasteiger partial charge in [-0.3, -0.25) is 14.5 Å². The van der Waals surface area contributed by atoms with Crippen molar-refractivity contribution < 1.29 is 28.9 Å². The van der Waals surface area contributed by atoms with E-state index < -0.39 is 12.3 Å². The van der Waals surface area contributed by atoms with E-state index in [1.54, 1.807) is 19.1 Å². The molecule has 1 N–H and O–H groups in total. The zero-order valence-electron chi connectivity index (χ0n) is 18.0. The number of hydrogen-bond donors (Lipinski definition) is 1. The minimum absolute atomic E-state index is 0.128. The maximum atomic E-state index is 13.6. The standard InChI is InChI=1S/C25H22N2O6/c1-14(12-28)26-11-21(29)27-22(24(26)30)23(18-8-6-15-4-2-3-5-17(15)18)33-25(27)16-7-9-19-20(10-16)32-13-31-19/h2-5,7-10,14,25,28H,6,11-13H2,1H3/t14-,25?/m1/s1. The lowest BCUT2D eigenvalue weighted by atomic mass is 10.0. The number of rotatable bonds is 4. The summed E-state index contributed by atoms with van der Waals surface area (Å²) in [5.41, 5.74) is 3.81. The third kappa shape index (κ3) is 2.94. The van der Waals surface area contributed by atoms with Crippen molar-refractivity contribution in [1.29, 1.82) is 0 Å². The second-order valence-electron chi connectivity index (χ2n) is 8.47. The van der Waals surface area contributed by atoms with E-state index in [0.29, 0.717) is 22.8 Å². The number of allylic oxidation sites excluding steroid dienone is 2. The SMILES string of the molecule is C[C@H](CO)N1CC(=O)N2C(=C(C3=CCc4ccccc43)OC2c2ccc3c(c2)OCO3)C1=O. The highest BCUT2D eigenvalue weighted by Crippen LogP contribution is 2.47. The summed E-state index contributed by atoms with van der Waals surface area (Å²) in [6.07, 6.45) is 1.94. The summed E-state index contributed by atoms with van der Waals surface area (Å²) in [7, 11) is 0. The predicted molar refractivity (Wildman–Crippen MR) is 117 cm³/mol. The minimum atomic E-state index is -0.804. The summed E-state index contributed by atoms with van der Waals surface area (Å²) in [5, 5.41) is 9.66. The molecule has 33 heavy (non-hydrogen) atoms. The number of amides is 2. The molecule has 3 aliphatic heterocycles. The molecule has 8 heteroatoms. The molecule has 2 amide bonds. The molecule has 0 aromatic heterocycles. The first-order valence-corrected chi connectivity index (χ1v) is 10.9. The zero-order chi connectivity index (χ0) is 22.7. The number of carbonyl (C=O) groups excluding carboxylic acids is 2. The van der Waals surface area contributed by atoms with Gasteiger partial charge in [-0.1, -0.05) is 30.3 Å². The maximum absolute atomic E-state index is 13.6. The highest BCUT2D eigenvalue weighted by atomic mass is 16.7. The Hall–Kier alpha value is -3.78. The number of aliphatic hydroxyl groups is 1. The average Bonchev–Trinajstić information content (AvgIpc) is 3.56. The molecule has 0 radical (unpaired) electrons. The Bertz CT molecular complexity index is 1250. The number of piperazine rings is 1. The van der Waals surface area contributed by atoms with E-state index in [0.717, 1.165) is 23.1 Å². The summed E-state index contributed by atoms with van der Waals surface area (Å²) in [6.45, 7) is 1.49. The topological polar surface area (TPSA) is 88.5 Å². The molecule has 2 atom stereocenters. The van der Waals surface area contributed by atoms with Crippen LogP contribution in [-0.2, 0) is 20.7 Å². The predicted octanol–water partition coefficient (Wildman–Crippen LogP) is 2.35. The number of ether oxygens (including phenoxy) is 3. The number of carbonyl (C=O) groups is 2. The van der Waals surface area contributed by atoms with Gasteiger partial charge in [0.05, 0.1) is 12.6 Å². The van der Waals surface area contributed by atoms with Gasteiger partial charge < -0.3 is 24.2 Å². The van der Waals surface area contributed by atoms with Crippen molar-refractivity contribution in [2.24, 2.45) is 0 Å². The Labute approximate surface area is 190 Å². The van der Waals surface area contributed by atoms with Gasteiger partial charge in [0, 0.05) is 11.1 Å². The van der Waals surface area contributed by atoms with Crippen molar-refractivity contribution in [2.75, 3.05) is 19.9 Å². The van der Waals surface area contributed by atoms with Crippen LogP contribution in [0, 0.1) is 0 Å². The fourth-order valence-corrected chi connectivity index (χ4v) is 4.76. The smallest absolute Gasteiger partial charge is 0.275 e. The van der Waals surface area contributed by atoms with E-state index >= 15 is 0 Å². The summed E-state index contributed by atoms with van der Waals surface area (Å²) in [4.78, 5) is 29.8. The monoisotopic (exact) mass is 446 g/mol. The van der Waals surface area contributed by atoms with Crippen LogP contribution in [0.3, 0.4) is 0 Å². The zero-order valence-corrected chi connectivity index (χ0v) is 18.0. The number of hydrogen-bond acceptors (Lipinski definition) is 6. The number of nitrogens with zero attached hydrogens (tertiary/aromatic N) is 2. The molecular formula is C25H22N2O6. The van der Waals surface area contributed by atoms with E-state index in [1.807, 2.05) is 36.4 Å². The lowest BCUT2D eigenvalue weighted by Crippen LogP contribution is -2.55. The molecule has 1 aliphatic carbocycles. The molecule has 1 saturated heterocycles. The van der Waals surface area contributed by atoms with Crippen molar-refractivity contribution in [3.8, 4) is 11.5 Å². The maximum Gasteiger partial charge on any atom is 0.275 e. The van der Waals surface area contributed by atoms with Crippen LogP contribution in [0.5, 0.6) is 11.5 Å². The van der Waals surface area contributed by atoms with Gasteiger partial charge in [-0.2, -0.15) is 0 Å². The lowest BCUT2D eigenvalue weighted by molar-refractivity contribution is -0.152. The van der Waals surface area contributed by atoms with Gasteiger partial charge >= 0.3 is 0 Å². The van der Waals surface area contributed by atoms with Crippen LogP contribution in [-0.4, -0.2) is 52.7 Å². The fourth-order valence-electron chi connectivity index (χ4n) is 4.76. The first kappa shape index (κ1) is 19.9. The highest BCUT2D eigenvalue weighted by Gasteiger charge is 2.49. The molecule has 0 bridgehead atoms. The van der Waals surface area contributed by atoms with Crippen molar-refractivity contribution in [1.82, 2.24) is 9.80 Å². The van der Waals surface area contributed by atoms with E-state index in [1.165, 1.54) is 9.80 Å². The largest absolute Gasteiger partial charge is 0.463 e. The van der Waals surface area contributed by atoms with Crippen molar-refractivity contribution in [3.05, 3.63) is 76.7 Å². The van der Waals surface area contributed by atoms with E-state index in [2.05, 4.69) is 0 Å². The van der Waals surface area contributed by atoms with Crippen molar-refractivity contribution in [3.63, 3.8) is 0 Å². The summed E-state index contributed by atoms with van der Waals surface area (Å²) >= 11 is 0. The molecule has 168 valence electrons. The van der Waals surface area contributed by atoms with Gasteiger partial charge in [-0.15, -0.1) is 0 Å². The lowest BCUT2D eigenvalue weighted by Gasteiger charge is -2.37. The molecule has 6 rings (SSSR count). The first-order valence-electron chi connectivity index (χ1n) is 10.9. The second-order valence-corrected chi connectivity index (χ2v) is 8.47. The van der Waals surface area contributed by atoms with E-state index in [9.17, 15) is 14.7 Å². The van der Waals surface area contributed by atoms with Crippen LogP contribution in [0.15, 0.2) is 60.0 Å². The summed E-state index contributed by atoms with van der Waals surface area (Å²) in [5.74, 6) is 0.981. The molecule has 8 nitrogen and oxygen atoms in total. The second kappa shape index (κ2) is 7.38. The quantitative estimate of drug-likeness (QED) is 0.776. The Kier molecular flexibility index (Phi) is 4.45. The number of benzene rings is 2. The van der Waals surface area contributed by atoms with Crippen LogP contribution in [0.1, 0.15) is 29.8 Å². The van der Waals surface area contributed by atoms with Gasteiger partial charge in [-0.05, 0) is 42.7 Å². The Morgan fingerprint density at radius 3 is 2.79 bits per heavy atom. The number of fused-ring (bicyclic) bond motifs is 3. The van der Waals surface area contributed by atoms with Crippen molar-refractivity contribution >= 4 is 17.4 Å². The molecule has 2 aromatic rings. The fraction of sp³-hybridized carbons (Fsp3) is 0.280. The van der Waals surface area contributed by atoms with Gasteiger partial charge in [0.1, 0.15) is 6.54 Å². The van der Waals surface area contributed by atoms with Gasteiger partial charge in [0.25, 0.3) is 5.91 Å². The molecule has 2 aromatic carbocycles. The molecule has 3 heterocycles. The van der Waals surface area contributed by atoms with Crippen molar-refractivity contribution in [2.45, 2.75) is 25.6 Å². The van der Waals surface area contributed by atoms with Gasteiger partial charge in [0.15, 0.2) is 23.0 Å². The van der Waals surface area contributed by atoms with E-state index in [4.69, 9.17) is 14.2 Å². The molecule has 4 aliphatic rings. The Balaban J connectivity index is 1.47. The Morgan fingerprint density at radius 1 is 1.12 bits per heavy atom. The van der Waals surface area contributed by atoms with Crippen LogP contribution in [0.2, 0.25) is 0 Å². The molecule has 0 saturated carbocycles. The third-order valence-electron chi connectivity index (χ3n) is 6.51. The molecule has 1 fully saturated rings. The Morgan fingerprint density at radius 2 is 1.94 bits per heavy atom. The third-order valence-corrected chi connectivity index (χ3v) is 6.51. The van der Waals surface area contributed by atoms with Gasteiger partial charge in [0.2, 0.25) is 18.9 Å². The summed E-state index contributed by atoms with van der Waals surface area (Å²) in [6, 6.07) is 12.8. The highest BCUT2D eigenvalue weighted by molar-refractivity contribution is 6.07. The van der Waals surface area contributed by atoms with Crippen LogP contribution >= 0.6 is 0 Å². The van der Waals surface area contributed by atoms with Crippen LogP contribution in [0.4, 0.5) is 0 Å². The van der Waals surface area contributed by atoms with Crippen LogP contribution in [0.25, 0.3) is 5.57 Å². The first-order chi connectivity index (χ1) is 16.1. The average molecular weight is 446 g/mol. The number of aliphatic hydroxyl groups excluding tert-OH is 1. The van der Waals surface area contributed by atoms with Crippen LogP contribution < -0.4 is 9.47 Å². The summed E-state index contributed by atoms with van der Waals surface area (Å²) < 4.78 is 17.3. The molecule has 0 spiro atoms. The van der Waals surface area contributed by atoms with E-state index in [-0.39, 0.29) is 37.5 Å². The van der Waals surface area contributed by atoms with Gasteiger partial charge in [-0.25, -0.2) is 0 Å². The normalized spacial score (nSPS) is 21.8. The molecule has 1 unspecified atom stereocenters.